The SMILES string of the molecule is COCCc1nnc2n1C[C@H]1CC[C@@H](C2)N1C(=O)c1ccc(C(C)C)cc1. The van der Waals surface area contributed by atoms with Crippen molar-refractivity contribution in [2.24, 2.45) is 0 Å². The molecule has 0 N–H and O–H groups in total. The quantitative estimate of drug-likeness (QED) is 0.814. The molecule has 0 unspecified atom stereocenters. The van der Waals surface area contributed by atoms with Crippen molar-refractivity contribution in [3.05, 3.63) is 47.0 Å². The Morgan fingerprint density at radius 2 is 1.93 bits per heavy atom. The number of benzene rings is 1. The highest BCUT2D eigenvalue weighted by Crippen LogP contribution is 2.33. The maximum atomic E-state index is 13.3. The fraction of sp³-hybridized carbons (Fsp3) is 0.571. The van der Waals surface area contributed by atoms with E-state index in [1.165, 1.54) is 5.56 Å². The van der Waals surface area contributed by atoms with Gasteiger partial charge in [-0.25, -0.2) is 0 Å². The average molecular weight is 368 g/mol. The third-order valence-electron chi connectivity index (χ3n) is 5.92. The van der Waals surface area contributed by atoms with Gasteiger partial charge in [0.1, 0.15) is 11.6 Å². The second-order valence-corrected chi connectivity index (χ2v) is 7.96. The van der Waals surface area contributed by atoms with Gasteiger partial charge in [0.2, 0.25) is 0 Å². The molecule has 0 saturated carbocycles. The lowest BCUT2D eigenvalue weighted by molar-refractivity contribution is 0.0665. The third kappa shape index (κ3) is 3.38. The molecule has 2 atom stereocenters. The van der Waals surface area contributed by atoms with Crippen LogP contribution in [0.15, 0.2) is 24.3 Å². The molecule has 1 saturated heterocycles. The summed E-state index contributed by atoms with van der Waals surface area (Å²) >= 11 is 0. The first-order valence-corrected chi connectivity index (χ1v) is 9.91. The molecule has 144 valence electrons. The van der Waals surface area contributed by atoms with Crippen molar-refractivity contribution in [1.82, 2.24) is 19.7 Å². The van der Waals surface area contributed by atoms with E-state index in [1.54, 1.807) is 7.11 Å². The summed E-state index contributed by atoms with van der Waals surface area (Å²) in [5.41, 5.74) is 2.05. The molecule has 0 spiro atoms. The maximum absolute atomic E-state index is 13.3. The fourth-order valence-electron chi connectivity index (χ4n) is 4.37. The van der Waals surface area contributed by atoms with Crippen molar-refractivity contribution in [1.29, 1.82) is 0 Å². The van der Waals surface area contributed by atoms with Crippen LogP contribution in [0.5, 0.6) is 0 Å². The summed E-state index contributed by atoms with van der Waals surface area (Å²) in [6, 6.07) is 8.54. The van der Waals surface area contributed by atoms with E-state index in [9.17, 15) is 4.79 Å². The molecule has 1 fully saturated rings. The second kappa shape index (κ2) is 7.43. The van der Waals surface area contributed by atoms with Crippen LogP contribution in [-0.2, 0) is 24.1 Å². The largest absolute Gasteiger partial charge is 0.384 e. The number of aromatic nitrogens is 3. The zero-order valence-electron chi connectivity index (χ0n) is 16.4. The summed E-state index contributed by atoms with van der Waals surface area (Å²) < 4.78 is 7.41. The van der Waals surface area contributed by atoms with Gasteiger partial charge in [-0.3, -0.25) is 4.79 Å². The van der Waals surface area contributed by atoms with Crippen LogP contribution in [0, 0.1) is 0 Å². The van der Waals surface area contributed by atoms with Gasteiger partial charge in [-0.2, -0.15) is 0 Å². The highest BCUT2D eigenvalue weighted by Gasteiger charge is 2.41. The lowest BCUT2D eigenvalue weighted by Crippen LogP contribution is -2.42. The van der Waals surface area contributed by atoms with Crippen LogP contribution in [0.25, 0.3) is 0 Å². The predicted octanol–water partition coefficient (Wildman–Crippen LogP) is 2.82. The summed E-state index contributed by atoms with van der Waals surface area (Å²) in [7, 11) is 1.70. The Morgan fingerprint density at radius 3 is 2.63 bits per heavy atom. The minimum Gasteiger partial charge on any atom is -0.384 e. The van der Waals surface area contributed by atoms with Crippen molar-refractivity contribution >= 4 is 5.91 Å². The molecule has 0 radical (unpaired) electrons. The van der Waals surface area contributed by atoms with Gasteiger partial charge in [0.15, 0.2) is 0 Å². The molecule has 2 aliphatic heterocycles. The number of fused-ring (bicyclic) bond motifs is 3. The molecule has 27 heavy (non-hydrogen) atoms. The van der Waals surface area contributed by atoms with Gasteiger partial charge in [0.25, 0.3) is 5.91 Å². The van der Waals surface area contributed by atoms with Crippen LogP contribution in [0.1, 0.15) is 60.2 Å². The molecule has 1 aromatic carbocycles. The van der Waals surface area contributed by atoms with E-state index in [4.69, 9.17) is 4.74 Å². The van der Waals surface area contributed by atoms with E-state index in [-0.39, 0.29) is 18.0 Å². The van der Waals surface area contributed by atoms with Crippen LogP contribution in [0.3, 0.4) is 0 Å². The average Bonchev–Trinajstić information content (AvgIpc) is 3.18. The van der Waals surface area contributed by atoms with Crippen molar-refractivity contribution < 1.29 is 9.53 Å². The minimum atomic E-state index is 0.148. The molecular formula is C21H28N4O2. The monoisotopic (exact) mass is 368 g/mol. The zero-order chi connectivity index (χ0) is 19.0. The van der Waals surface area contributed by atoms with E-state index in [0.717, 1.165) is 49.4 Å². The number of hydrogen-bond acceptors (Lipinski definition) is 4. The van der Waals surface area contributed by atoms with Crippen molar-refractivity contribution in [2.45, 2.75) is 64.1 Å². The Hall–Kier alpha value is -2.21. The Bertz CT molecular complexity index is 812. The molecule has 1 aromatic heterocycles. The summed E-state index contributed by atoms with van der Waals surface area (Å²) in [5, 5.41) is 8.76. The predicted molar refractivity (Wildman–Crippen MR) is 103 cm³/mol. The number of carbonyl (C=O) groups excluding carboxylic acids is 1. The van der Waals surface area contributed by atoms with Gasteiger partial charge >= 0.3 is 0 Å². The third-order valence-corrected chi connectivity index (χ3v) is 5.92. The van der Waals surface area contributed by atoms with E-state index >= 15 is 0 Å². The number of hydrogen-bond donors (Lipinski definition) is 0. The number of methoxy groups -OCH3 is 1. The lowest BCUT2D eigenvalue weighted by Gasteiger charge is -2.28. The zero-order valence-corrected chi connectivity index (χ0v) is 16.4. The maximum Gasteiger partial charge on any atom is 0.254 e. The summed E-state index contributed by atoms with van der Waals surface area (Å²) in [5.74, 6) is 2.59. The molecular weight excluding hydrogens is 340 g/mol. The molecule has 0 aliphatic carbocycles. The highest BCUT2D eigenvalue weighted by atomic mass is 16.5. The summed E-state index contributed by atoms with van der Waals surface area (Å²) in [6.45, 7) is 5.76. The normalized spacial score (nSPS) is 21.4. The Morgan fingerprint density at radius 1 is 1.19 bits per heavy atom. The fourth-order valence-corrected chi connectivity index (χ4v) is 4.37. The number of nitrogens with zero attached hydrogens (tertiary/aromatic N) is 4. The second-order valence-electron chi connectivity index (χ2n) is 7.96. The molecule has 6 heteroatoms. The van der Waals surface area contributed by atoms with Gasteiger partial charge in [-0.1, -0.05) is 26.0 Å². The number of ether oxygens (including phenoxy) is 1. The molecule has 2 bridgehead atoms. The molecule has 2 aliphatic rings. The lowest BCUT2D eigenvalue weighted by atomic mass is 10.0. The molecule has 4 rings (SSSR count). The van der Waals surface area contributed by atoms with Gasteiger partial charge in [0, 0.05) is 38.1 Å². The highest BCUT2D eigenvalue weighted by molar-refractivity contribution is 5.95. The number of rotatable bonds is 5. The van der Waals surface area contributed by atoms with E-state index in [0.29, 0.717) is 12.5 Å². The van der Waals surface area contributed by atoms with Gasteiger partial charge in [0.05, 0.1) is 12.6 Å². The topological polar surface area (TPSA) is 60.3 Å². The molecule has 3 heterocycles. The van der Waals surface area contributed by atoms with Crippen molar-refractivity contribution in [3.8, 4) is 0 Å². The Kier molecular flexibility index (Phi) is 5.00. The van der Waals surface area contributed by atoms with Crippen molar-refractivity contribution in [2.75, 3.05) is 13.7 Å². The van der Waals surface area contributed by atoms with Crippen LogP contribution in [0.2, 0.25) is 0 Å². The smallest absolute Gasteiger partial charge is 0.254 e. The molecule has 1 amide bonds. The van der Waals surface area contributed by atoms with Gasteiger partial charge in [-0.05, 0) is 36.5 Å². The van der Waals surface area contributed by atoms with Crippen LogP contribution in [-0.4, -0.2) is 51.4 Å². The van der Waals surface area contributed by atoms with Crippen LogP contribution in [0.4, 0.5) is 0 Å². The molecule has 6 nitrogen and oxygen atoms in total. The number of amides is 1. The Balaban J connectivity index is 1.56. The Labute approximate surface area is 160 Å². The first-order valence-electron chi connectivity index (χ1n) is 9.91. The van der Waals surface area contributed by atoms with Crippen LogP contribution >= 0.6 is 0 Å². The van der Waals surface area contributed by atoms with E-state index in [1.807, 2.05) is 12.1 Å². The van der Waals surface area contributed by atoms with Crippen molar-refractivity contribution in [3.63, 3.8) is 0 Å². The van der Waals surface area contributed by atoms with E-state index in [2.05, 4.69) is 45.6 Å². The van der Waals surface area contributed by atoms with Gasteiger partial charge in [-0.15, -0.1) is 10.2 Å². The summed E-state index contributed by atoms with van der Waals surface area (Å²) in [6.07, 6.45) is 3.63. The first kappa shape index (κ1) is 18.2. The van der Waals surface area contributed by atoms with Gasteiger partial charge < -0.3 is 14.2 Å². The van der Waals surface area contributed by atoms with Crippen LogP contribution < -0.4 is 0 Å². The first-order chi connectivity index (χ1) is 13.1. The minimum absolute atomic E-state index is 0.148. The number of carbonyl (C=O) groups is 1. The van der Waals surface area contributed by atoms with E-state index < -0.39 is 0 Å². The standard InChI is InChI=1S/C21H28N4O2/c1-14(2)15-4-6-16(7-5-15)21(26)25-17-8-9-18(25)13-24-19(10-11-27-3)22-23-20(24)12-17/h4-7,14,17-18H,8-13H2,1-3H3/t17-,18+/m0/s1. The summed E-state index contributed by atoms with van der Waals surface area (Å²) in [4.78, 5) is 15.4. The molecule has 2 aromatic rings.